The molecule has 4 rings (SSSR count). The van der Waals surface area contributed by atoms with Crippen LogP contribution in [0.3, 0.4) is 0 Å². The van der Waals surface area contributed by atoms with Gasteiger partial charge in [-0.1, -0.05) is 30.3 Å². The summed E-state index contributed by atoms with van der Waals surface area (Å²) in [5.74, 6) is -0.822. The minimum atomic E-state index is -1.20. The van der Waals surface area contributed by atoms with Crippen molar-refractivity contribution in [3.05, 3.63) is 77.7 Å². The van der Waals surface area contributed by atoms with E-state index in [2.05, 4.69) is 4.40 Å². The average molecular weight is 436 g/mol. The summed E-state index contributed by atoms with van der Waals surface area (Å²) < 4.78 is 9.80. The van der Waals surface area contributed by atoms with E-state index >= 15 is 0 Å². The van der Waals surface area contributed by atoms with Crippen LogP contribution in [0.5, 0.6) is 0 Å². The highest BCUT2D eigenvalue weighted by Gasteiger charge is 2.39. The third kappa shape index (κ3) is 4.68. The van der Waals surface area contributed by atoms with Crippen LogP contribution in [0, 0.1) is 0 Å². The summed E-state index contributed by atoms with van der Waals surface area (Å²) in [6.45, 7) is 4.01. The van der Waals surface area contributed by atoms with E-state index in [0.717, 1.165) is 27.0 Å². The molecule has 3 N–H and O–H groups in total. The number of nitrogens with zero attached hydrogens (tertiary/aromatic N) is 2. The lowest BCUT2D eigenvalue weighted by Gasteiger charge is -2.32. The van der Waals surface area contributed by atoms with E-state index in [-0.39, 0.29) is 5.91 Å². The zero-order valence-electron chi connectivity index (χ0n) is 17.5. The second-order valence-corrected chi connectivity index (χ2v) is 9.05. The van der Waals surface area contributed by atoms with Gasteiger partial charge in [-0.2, -0.15) is 0 Å². The Hall–Kier alpha value is -3.03. The number of fused-ring (bicyclic) bond motifs is 1. The van der Waals surface area contributed by atoms with Gasteiger partial charge in [0.15, 0.2) is 0 Å². The van der Waals surface area contributed by atoms with E-state index in [0.29, 0.717) is 18.8 Å². The summed E-state index contributed by atoms with van der Waals surface area (Å²) in [7, 11) is 0. The molecule has 2 aromatic carbocycles. The van der Waals surface area contributed by atoms with Gasteiger partial charge in [-0.3, -0.25) is 4.79 Å². The van der Waals surface area contributed by atoms with Crippen LogP contribution >= 0.6 is 11.9 Å². The molecule has 3 aromatic rings. The van der Waals surface area contributed by atoms with E-state index in [4.69, 9.17) is 10.2 Å². The lowest BCUT2D eigenvalue weighted by Crippen LogP contribution is -2.43. The molecule has 6 nitrogen and oxygen atoms in total. The molecule has 0 bridgehead atoms. The maximum Gasteiger partial charge on any atom is 0.233 e. The summed E-state index contributed by atoms with van der Waals surface area (Å²) >= 11 is 1.34. The number of hydrogen-bond donors (Lipinski definition) is 2. The normalized spacial score (nSPS) is 15.9. The van der Waals surface area contributed by atoms with E-state index in [1.165, 1.54) is 11.9 Å². The van der Waals surface area contributed by atoms with Crippen LogP contribution in [-0.4, -0.2) is 40.8 Å². The highest BCUT2D eigenvalue weighted by Crippen LogP contribution is 2.32. The van der Waals surface area contributed by atoms with Gasteiger partial charge in [0.1, 0.15) is 5.58 Å². The summed E-state index contributed by atoms with van der Waals surface area (Å²) in [6, 6.07) is 17.1. The van der Waals surface area contributed by atoms with Crippen molar-refractivity contribution in [2.24, 2.45) is 10.1 Å². The molecule has 2 heterocycles. The Morgan fingerprint density at radius 3 is 2.74 bits per heavy atom. The zero-order valence-corrected chi connectivity index (χ0v) is 18.3. The number of carbonyl (C=O) groups is 1. The van der Waals surface area contributed by atoms with E-state index in [1.54, 1.807) is 31.2 Å². The van der Waals surface area contributed by atoms with Gasteiger partial charge in [0.2, 0.25) is 5.91 Å². The van der Waals surface area contributed by atoms with Gasteiger partial charge in [0, 0.05) is 46.3 Å². The fourth-order valence-electron chi connectivity index (χ4n) is 3.78. The number of benzene rings is 2. The van der Waals surface area contributed by atoms with Crippen LogP contribution in [-0.2, 0) is 4.79 Å². The minimum absolute atomic E-state index is 0.150. The first-order valence-corrected chi connectivity index (χ1v) is 10.8. The number of nitrogens with two attached hydrogens (primary N) is 1. The van der Waals surface area contributed by atoms with E-state index in [1.807, 2.05) is 54.6 Å². The van der Waals surface area contributed by atoms with Gasteiger partial charge >= 0.3 is 0 Å². The summed E-state index contributed by atoms with van der Waals surface area (Å²) in [5.41, 5.74) is 8.05. The third-order valence-corrected chi connectivity index (χ3v) is 6.00. The van der Waals surface area contributed by atoms with Crippen LogP contribution < -0.4 is 5.73 Å². The molecule has 31 heavy (non-hydrogen) atoms. The molecule has 1 atom stereocenters. The number of amides is 1. The highest BCUT2D eigenvalue weighted by molar-refractivity contribution is 7.98. The Bertz CT molecular complexity index is 1150. The van der Waals surface area contributed by atoms with Gasteiger partial charge in [-0.25, -0.2) is 4.40 Å². The largest absolute Gasteiger partial charge is 0.464 e. The molecule has 0 saturated carbocycles. The third-order valence-electron chi connectivity index (χ3n) is 5.32. The Kier molecular flexibility index (Phi) is 5.89. The van der Waals surface area contributed by atoms with Gasteiger partial charge in [-0.15, -0.1) is 0 Å². The number of furan rings is 1. The average Bonchev–Trinajstić information content (AvgIpc) is 3.34. The highest BCUT2D eigenvalue weighted by atomic mass is 32.2. The molecule has 0 saturated heterocycles. The topological polar surface area (TPSA) is 92.1 Å². The fourth-order valence-corrected chi connectivity index (χ4v) is 4.39. The van der Waals surface area contributed by atoms with Gasteiger partial charge in [0.05, 0.1) is 24.3 Å². The molecule has 1 amide bonds. The summed E-state index contributed by atoms with van der Waals surface area (Å²) in [5, 5.41) is 11.7. The van der Waals surface area contributed by atoms with E-state index < -0.39 is 11.5 Å². The van der Waals surface area contributed by atoms with Gasteiger partial charge in [-0.05, 0) is 43.7 Å². The predicted octanol–water partition coefficient (Wildman–Crippen LogP) is 4.12. The first-order chi connectivity index (χ1) is 14.8. The fraction of sp³-hybridized carbons (Fsp3) is 0.250. The monoisotopic (exact) mass is 435 g/mol. The maximum atomic E-state index is 13.3. The lowest BCUT2D eigenvalue weighted by molar-refractivity contribution is -0.137. The summed E-state index contributed by atoms with van der Waals surface area (Å²) in [4.78, 5) is 16.0. The Morgan fingerprint density at radius 2 is 2.00 bits per heavy atom. The second-order valence-electron chi connectivity index (χ2n) is 8.19. The van der Waals surface area contributed by atoms with E-state index in [9.17, 15) is 9.90 Å². The van der Waals surface area contributed by atoms with Crippen molar-refractivity contribution in [1.29, 1.82) is 0 Å². The van der Waals surface area contributed by atoms with Crippen LogP contribution in [0.2, 0.25) is 0 Å². The lowest BCUT2D eigenvalue weighted by atomic mass is 9.83. The van der Waals surface area contributed by atoms with Gasteiger partial charge in [0.25, 0.3) is 0 Å². The standard InChI is InChI=1S/C24H25N3O3S/c1-24(2,29)22(16-6-4-3-5-7-16)23(28)27-14-18(20(25)15-27)13-26-31-19-8-9-21-17(12-19)10-11-30-21/h3-13,22,29H,14-15,25H2,1-2H3/b26-13+. The smallest absolute Gasteiger partial charge is 0.233 e. The van der Waals surface area contributed by atoms with Crippen molar-refractivity contribution in [1.82, 2.24) is 4.90 Å². The zero-order chi connectivity index (χ0) is 22.0. The van der Waals surface area contributed by atoms with Crippen LogP contribution in [0.25, 0.3) is 11.0 Å². The van der Waals surface area contributed by atoms with Crippen LogP contribution in [0.1, 0.15) is 25.3 Å². The Labute approximate surface area is 185 Å². The number of rotatable bonds is 6. The first-order valence-electron chi connectivity index (χ1n) is 10.0. The number of carbonyl (C=O) groups excluding carboxylic acids is 1. The molecule has 0 spiro atoms. The number of hydrogen-bond acceptors (Lipinski definition) is 6. The molecule has 0 radical (unpaired) electrons. The van der Waals surface area contributed by atoms with Crippen molar-refractivity contribution in [2.45, 2.75) is 30.3 Å². The Morgan fingerprint density at radius 1 is 1.23 bits per heavy atom. The molecule has 0 aliphatic carbocycles. The Balaban J connectivity index is 1.44. The SMILES string of the molecule is CC(C)(O)C(C(=O)N1CC(N)=C(/C=N/Sc2ccc3occc3c2)C1)c1ccccc1. The van der Waals surface area contributed by atoms with Crippen LogP contribution in [0.15, 0.2) is 85.8 Å². The number of aliphatic hydroxyl groups is 1. The van der Waals surface area contributed by atoms with Crippen molar-refractivity contribution in [3.8, 4) is 0 Å². The summed E-state index contributed by atoms with van der Waals surface area (Å²) in [6.07, 6.45) is 3.38. The van der Waals surface area contributed by atoms with Crippen LogP contribution in [0.4, 0.5) is 0 Å². The second kappa shape index (κ2) is 8.61. The molecular weight excluding hydrogens is 410 g/mol. The maximum absolute atomic E-state index is 13.3. The molecule has 1 unspecified atom stereocenters. The van der Waals surface area contributed by atoms with Crippen molar-refractivity contribution >= 4 is 35.0 Å². The van der Waals surface area contributed by atoms with Crippen molar-refractivity contribution in [2.75, 3.05) is 13.1 Å². The van der Waals surface area contributed by atoms with Crippen molar-refractivity contribution in [3.63, 3.8) is 0 Å². The van der Waals surface area contributed by atoms with Gasteiger partial charge < -0.3 is 20.2 Å². The molecule has 7 heteroatoms. The molecular formula is C24H25N3O3S. The molecule has 1 aliphatic rings. The minimum Gasteiger partial charge on any atom is -0.464 e. The van der Waals surface area contributed by atoms with Crippen molar-refractivity contribution < 1.29 is 14.3 Å². The quantitative estimate of drug-likeness (QED) is 0.449. The predicted molar refractivity (Wildman–Crippen MR) is 124 cm³/mol. The molecule has 0 fully saturated rings. The molecule has 1 aromatic heterocycles. The molecule has 160 valence electrons. The molecule has 1 aliphatic heterocycles. The first kappa shape index (κ1) is 21.2.